The lowest BCUT2D eigenvalue weighted by molar-refractivity contribution is -0.141. The number of sulfonamides is 1. The zero-order valence-corrected chi connectivity index (χ0v) is 27.3. The SMILES string of the molecule is COc1ccc(CNC(=O)C(Cc2ccccc2)N(Cc2ccc(Cl)cc2)C(=O)CCc2ccc(S(=O)(=O)NC3CC3)cc2)cc1. The van der Waals surface area contributed by atoms with E-state index >= 15 is 0 Å². The molecule has 46 heavy (non-hydrogen) atoms. The summed E-state index contributed by atoms with van der Waals surface area (Å²) >= 11 is 6.14. The van der Waals surface area contributed by atoms with E-state index in [-0.39, 0.29) is 35.7 Å². The fourth-order valence-electron chi connectivity index (χ4n) is 5.11. The quantitative estimate of drug-likeness (QED) is 0.171. The predicted octanol–water partition coefficient (Wildman–Crippen LogP) is 5.68. The fourth-order valence-corrected chi connectivity index (χ4v) is 6.54. The average Bonchev–Trinajstić information content (AvgIpc) is 3.89. The topological polar surface area (TPSA) is 105 Å². The molecule has 2 amide bonds. The minimum absolute atomic E-state index is 0.0196. The number of nitrogens with zero attached hydrogens (tertiary/aromatic N) is 1. The van der Waals surface area contributed by atoms with Crippen LogP contribution >= 0.6 is 11.6 Å². The maximum Gasteiger partial charge on any atom is 0.243 e. The molecule has 8 nitrogen and oxygen atoms in total. The van der Waals surface area contributed by atoms with E-state index in [9.17, 15) is 18.0 Å². The third-order valence-electron chi connectivity index (χ3n) is 7.92. The van der Waals surface area contributed by atoms with Crippen LogP contribution in [0, 0.1) is 0 Å². The maximum atomic E-state index is 14.0. The zero-order chi connectivity index (χ0) is 32.5. The minimum Gasteiger partial charge on any atom is -0.497 e. The van der Waals surface area contributed by atoms with Crippen LogP contribution in [-0.4, -0.2) is 44.3 Å². The highest BCUT2D eigenvalue weighted by molar-refractivity contribution is 7.89. The van der Waals surface area contributed by atoms with E-state index in [0.717, 1.165) is 40.8 Å². The molecule has 4 aromatic rings. The number of amides is 2. The van der Waals surface area contributed by atoms with Gasteiger partial charge in [0.05, 0.1) is 12.0 Å². The molecule has 0 heterocycles. The Kier molecular flexibility index (Phi) is 11.1. The molecule has 1 fully saturated rings. The van der Waals surface area contributed by atoms with Crippen LogP contribution < -0.4 is 14.8 Å². The molecule has 10 heteroatoms. The van der Waals surface area contributed by atoms with Gasteiger partial charge in [-0.15, -0.1) is 0 Å². The molecule has 4 aromatic carbocycles. The standard InChI is InChI=1S/C36H38ClN3O5S/c1-45-32-18-9-28(10-19-32)24-38-36(42)34(23-27-5-3-2-4-6-27)40(25-29-7-14-30(37)15-8-29)35(41)22-13-26-11-20-33(21-12-26)46(43,44)39-31-16-17-31/h2-12,14-15,18-21,31,34,39H,13,16-17,22-25H2,1H3,(H,38,42). The molecule has 0 radical (unpaired) electrons. The molecule has 5 rings (SSSR count). The Morgan fingerprint density at radius 2 is 1.48 bits per heavy atom. The molecule has 0 aliphatic heterocycles. The van der Waals surface area contributed by atoms with E-state index in [4.69, 9.17) is 16.3 Å². The van der Waals surface area contributed by atoms with Crippen LogP contribution in [0.15, 0.2) is 108 Å². The van der Waals surface area contributed by atoms with Crippen molar-refractivity contribution in [2.45, 2.75) is 62.2 Å². The van der Waals surface area contributed by atoms with Crippen LogP contribution in [0.25, 0.3) is 0 Å². The van der Waals surface area contributed by atoms with Crippen molar-refractivity contribution < 1.29 is 22.7 Å². The van der Waals surface area contributed by atoms with Crippen molar-refractivity contribution in [1.82, 2.24) is 14.9 Å². The second-order valence-electron chi connectivity index (χ2n) is 11.5. The molecule has 1 aliphatic carbocycles. The summed E-state index contributed by atoms with van der Waals surface area (Å²) in [5.41, 5.74) is 3.50. The predicted molar refractivity (Wildman–Crippen MR) is 179 cm³/mol. The third-order valence-corrected chi connectivity index (χ3v) is 9.71. The number of carbonyl (C=O) groups is 2. The lowest BCUT2D eigenvalue weighted by Gasteiger charge is -2.32. The summed E-state index contributed by atoms with van der Waals surface area (Å²) < 4.78 is 33.1. The van der Waals surface area contributed by atoms with E-state index < -0.39 is 16.1 Å². The molecule has 1 aliphatic rings. The first-order chi connectivity index (χ1) is 22.2. The Labute approximate surface area is 275 Å². The molecule has 0 aromatic heterocycles. The van der Waals surface area contributed by atoms with E-state index in [1.165, 1.54) is 0 Å². The van der Waals surface area contributed by atoms with Crippen molar-refractivity contribution in [1.29, 1.82) is 0 Å². The Morgan fingerprint density at radius 1 is 0.848 bits per heavy atom. The number of halogens is 1. The van der Waals surface area contributed by atoms with Crippen LogP contribution in [0.3, 0.4) is 0 Å². The number of ether oxygens (including phenoxy) is 1. The van der Waals surface area contributed by atoms with Crippen LogP contribution in [0.5, 0.6) is 5.75 Å². The molecule has 2 N–H and O–H groups in total. The highest BCUT2D eigenvalue weighted by atomic mass is 35.5. The van der Waals surface area contributed by atoms with Gasteiger partial charge in [-0.05, 0) is 77.9 Å². The lowest BCUT2D eigenvalue weighted by Crippen LogP contribution is -2.50. The summed E-state index contributed by atoms with van der Waals surface area (Å²) in [6, 6.07) is 30.2. The first kappa shape index (κ1) is 33.2. The van der Waals surface area contributed by atoms with Gasteiger partial charge in [0.15, 0.2) is 0 Å². The highest BCUT2D eigenvalue weighted by Crippen LogP contribution is 2.23. The van der Waals surface area contributed by atoms with Crippen LogP contribution in [0.2, 0.25) is 5.02 Å². The van der Waals surface area contributed by atoms with Gasteiger partial charge in [-0.2, -0.15) is 0 Å². The molecular weight excluding hydrogens is 622 g/mol. The summed E-state index contributed by atoms with van der Waals surface area (Å²) in [5.74, 6) is 0.269. The smallest absolute Gasteiger partial charge is 0.243 e. The molecule has 0 bridgehead atoms. The van der Waals surface area contributed by atoms with Gasteiger partial charge in [-0.3, -0.25) is 9.59 Å². The number of hydrogen-bond donors (Lipinski definition) is 2. The number of benzene rings is 4. The molecular formula is C36H38ClN3O5S. The summed E-state index contributed by atoms with van der Waals surface area (Å²) in [7, 11) is -1.96. The van der Waals surface area contributed by atoms with Crippen LogP contribution in [0.1, 0.15) is 41.5 Å². The molecule has 1 saturated carbocycles. The number of nitrogens with one attached hydrogen (secondary N) is 2. The van der Waals surface area contributed by atoms with E-state index in [2.05, 4.69) is 10.0 Å². The van der Waals surface area contributed by atoms with Crippen LogP contribution in [0.4, 0.5) is 0 Å². The normalized spacial score (nSPS) is 13.5. The number of methoxy groups -OCH3 is 1. The zero-order valence-electron chi connectivity index (χ0n) is 25.7. The number of hydrogen-bond acceptors (Lipinski definition) is 5. The Balaban J connectivity index is 1.35. The molecule has 240 valence electrons. The molecule has 0 spiro atoms. The van der Waals surface area contributed by atoms with Gasteiger partial charge in [0.1, 0.15) is 11.8 Å². The Hall–Kier alpha value is -4.18. The minimum atomic E-state index is -3.56. The van der Waals surface area contributed by atoms with Crippen molar-refractivity contribution in [3.05, 3.63) is 130 Å². The fraction of sp³-hybridized carbons (Fsp3) is 0.278. The molecule has 1 unspecified atom stereocenters. The second-order valence-corrected chi connectivity index (χ2v) is 13.6. The van der Waals surface area contributed by atoms with Gasteiger partial charge >= 0.3 is 0 Å². The highest BCUT2D eigenvalue weighted by Gasteiger charge is 2.31. The first-order valence-corrected chi connectivity index (χ1v) is 17.2. The maximum absolute atomic E-state index is 14.0. The van der Waals surface area contributed by atoms with Gasteiger partial charge in [0.2, 0.25) is 21.8 Å². The van der Waals surface area contributed by atoms with E-state index in [0.29, 0.717) is 24.4 Å². The molecule has 1 atom stereocenters. The Bertz CT molecular complexity index is 1710. The second kappa shape index (κ2) is 15.4. The number of rotatable bonds is 15. The van der Waals surface area contributed by atoms with Crippen molar-refractivity contribution in [2.75, 3.05) is 7.11 Å². The molecule has 0 saturated heterocycles. The summed E-state index contributed by atoms with van der Waals surface area (Å²) in [5, 5.41) is 3.62. The monoisotopic (exact) mass is 659 g/mol. The van der Waals surface area contributed by atoms with Gasteiger partial charge < -0.3 is 15.0 Å². The third kappa shape index (κ3) is 9.42. The van der Waals surface area contributed by atoms with E-state index in [1.807, 2.05) is 66.7 Å². The van der Waals surface area contributed by atoms with Crippen molar-refractivity contribution >= 4 is 33.4 Å². The van der Waals surface area contributed by atoms with Crippen molar-refractivity contribution in [2.24, 2.45) is 0 Å². The summed E-state index contributed by atoms with van der Waals surface area (Å²) in [6.45, 7) is 0.509. The lowest BCUT2D eigenvalue weighted by atomic mass is 10.0. The van der Waals surface area contributed by atoms with Gasteiger partial charge in [-0.25, -0.2) is 13.1 Å². The average molecular weight is 660 g/mol. The summed E-state index contributed by atoms with van der Waals surface area (Å²) in [6.07, 6.45) is 2.57. The Morgan fingerprint density at radius 3 is 2.11 bits per heavy atom. The van der Waals surface area contributed by atoms with E-state index in [1.54, 1.807) is 48.4 Å². The van der Waals surface area contributed by atoms with Crippen molar-refractivity contribution in [3.63, 3.8) is 0 Å². The van der Waals surface area contributed by atoms with Crippen molar-refractivity contribution in [3.8, 4) is 5.75 Å². The first-order valence-electron chi connectivity index (χ1n) is 15.3. The number of aryl methyl sites for hydroxylation is 1. The van der Waals surface area contributed by atoms with Gasteiger partial charge in [-0.1, -0.05) is 78.3 Å². The van der Waals surface area contributed by atoms with Gasteiger partial charge in [0.25, 0.3) is 0 Å². The van der Waals surface area contributed by atoms with Gasteiger partial charge in [0, 0.05) is 37.0 Å². The van der Waals surface area contributed by atoms with Crippen LogP contribution in [-0.2, 0) is 45.5 Å². The summed E-state index contributed by atoms with van der Waals surface area (Å²) in [4.78, 5) is 29.8. The largest absolute Gasteiger partial charge is 0.497 e. The number of carbonyl (C=O) groups excluding carboxylic acids is 2.